The first kappa shape index (κ1) is 17.7. The van der Waals surface area contributed by atoms with Gasteiger partial charge in [0.05, 0.1) is 22.3 Å². The minimum Gasteiger partial charge on any atom is -0.493 e. The second kappa shape index (κ2) is 7.53. The number of fused-ring (bicyclic) bond motifs is 2. The van der Waals surface area contributed by atoms with Gasteiger partial charge < -0.3 is 9.72 Å². The molecule has 0 fully saturated rings. The third-order valence-corrected chi connectivity index (χ3v) is 5.48. The first-order chi connectivity index (χ1) is 13.2. The van der Waals surface area contributed by atoms with Gasteiger partial charge in [-0.1, -0.05) is 36.4 Å². The summed E-state index contributed by atoms with van der Waals surface area (Å²) >= 11 is 3.25. The molecule has 0 aliphatic carbocycles. The van der Waals surface area contributed by atoms with Crippen LogP contribution in [-0.2, 0) is 6.42 Å². The number of carbonyl (C=O) groups is 1. The fourth-order valence-electron chi connectivity index (χ4n) is 3.40. The van der Waals surface area contributed by atoms with Crippen molar-refractivity contribution in [2.24, 2.45) is 0 Å². The third kappa shape index (κ3) is 3.35. The smallest absolute Gasteiger partial charge is 0.166 e. The lowest BCUT2D eigenvalue weighted by molar-refractivity contribution is 0.111. The van der Waals surface area contributed by atoms with Crippen molar-refractivity contribution in [2.45, 2.75) is 12.8 Å². The largest absolute Gasteiger partial charge is 0.493 e. The average molecular weight is 426 g/mol. The van der Waals surface area contributed by atoms with Gasteiger partial charge in [0.1, 0.15) is 11.6 Å². The highest BCUT2D eigenvalue weighted by atomic mass is 79.9. The molecule has 1 aromatic heterocycles. The van der Waals surface area contributed by atoms with E-state index >= 15 is 0 Å². The molecule has 0 spiro atoms. The van der Waals surface area contributed by atoms with Crippen LogP contribution >= 0.6 is 15.9 Å². The molecule has 1 N–H and O–H groups in total. The molecule has 3 aromatic carbocycles. The van der Waals surface area contributed by atoms with Gasteiger partial charge in [-0.05, 0) is 57.9 Å². The van der Waals surface area contributed by atoms with Crippen LogP contribution in [0.3, 0.4) is 0 Å². The predicted molar refractivity (Wildman–Crippen MR) is 109 cm³/mol. The second-order valence-corrected chi connectivity index (χ2v) is 7.14. The first-order valence-electron chi connectivity index (χ1n) is 8.73. The van der Waals surface area contributed by atoms with Crippen LogP contribution in [0.4, 0.5) is 4.39 Å². The van der Waals surface area contributed by atoms with Gasteiger partial charge in [0.2, 0.25) is 0 Å². The number of aromatic amines is 1. The minimum absolute atomic E-state index is 0.348. The number of aromatic nitrogens is 1. The van der Waals surface area contributed by atoms with Gasteiger partial charge in [-0.3, -0.25) is 4.79 Å². The molecule has 0 aliphatic heterocycles. The van der Waals surface area contributed by atoms with Crippen LogP contribution in [0, 0.1) is 5.82 Å². The van der Waals surface area contributed by atoms with Crippen molar-refractivity contribution in [3.05, 3.63) is 76.1 Å². The predicted octanol–water partition coefficient (Wildman–Crippen LogP) is 6.05. The Morgan fingerprint density at radius 2 is 1.85 bits per heavy atom. The van der Waals surface area contributed by atoms with Crippen LogP contribution in [0.1, 0.15) is 22.5 Å². The Kier molecular flexibility index (Phi) is 4.94. The van der Waals surface area contributed by atoms with Crippen molar-refractivity contribution in [2.75, 3.05) is 6.61 Å². The molecule has 0 saturated carbocycles. The number of ether oxygens (including phenoxy) is 1. The highest BCUT2D eigenvalue weighted by molar-refractivity contribution is 9.10. The van der Waals surface area contributed by atoms with E-state index in [0.717, 1.165) is 40.2 Å². The zero-order valence-electron chi connectivity index (χ0n) is 14.5. The maximum Gasteiger partial charge on any atom is 0.166 e. The molecule has 4 aromatic rings. The fraction of sp³-hybridized carbons (Fsp3) is 0.136. The molecule has 1 heterocycles. The van der Waals surface area contributed by atoms with E-state index in [1.54, 1.807) is 6.07 Å². The van der Waals surface area contributed by atoms with Crippen LogP contribution in [0.5, 0.6) is 5.75 Å². The number of carbonyl (C=O) groups excluding carboxylic acids is 1. The summed E-state index contributed by atoms with van der Waals surface area (Å²) in [5.74, 6) is 0.500. The molecule has 0 amide bonds. The number of hydrogen-bond donors (Lipinski definition) is 1. The van der Waals surface area contributed by atoms with Crippen molar-refractivity contribution in [3.8, 4) is 5.75 Å². The van der Waals surface area contributed by atoms with E-state index < -0.39 is 0 Å². The Morgan fingerprint density at radius 3 is 2.70 bits per heavy atom. The maximum atomic E-state index is 13.7. The van der Waals surface area contributed by atoms with Gasteiger partial charge in [-0.15, -0.1) is 0 Å². The summed E-state index contributed by atoms with van der Waals surface area (Å²) in [6.07, 6.45) is 2.19. The van der Waals surface area contributed by atoms with Crippen LogP contribution in [-0.4, -0.2) is 17.9 Å². The number of benzene rings is 3. The summed E-state index contributed by atoms with van der Waals surface area (Å²) in [5, 5.41) is 3.08. The van der Waals surface area contributed by atoms with E-state index in [-0.39, 0.29) is 5.82 Å². The van der Waals surface area contributed by atoms with Gasteiger partial charge in [0.25, 0.3) is 0 Å². The fourth-order valence-corrected chi connectivity index (χ4v) is 3.85. The third-order valence-electron chi connectivity index (χ3n) is 4.70. The number of H-pyrrole nitrogens is 1. The van der Waals surface area contributed by atoms with Crippen LogP contribution < -0.4 is 4.74 Å². The number of hydrogen-bond acceptors (Lipinski definition) is 2. The summed E-state index contributed by atoms with van der Waals surface area (Å²) in [6.45, 7) is 0.529. The summed E-state index contributed by atoms with van der Waals surface area (Å²) < 4.78 is 20.1. The zero-order chi connectivity index (χ0) is 18.8. The van der Waals surface area contributed by atoms with Crippen molar-refractivity contribution < 1.29 is 13.9 Å². The summed E-state index contributed by atoms with van der Waals surface area (Å²) in [7, 11) is 0. The molecular weight excluding hydrogens is 409 g/mol. The SMILES string of the molecule is O=Cc1[nH]c2c(Br)c(F)ccc2c1CCCOc1cccc2ccccc12. The molecule has 3 nitrogen and oxygen atoms in total. The number of halogens is 2. The molecule has 0 saturated heterocycles. The number of aryl methyl sites for hydroxylation is 1. The van der Waals surface area contributed by atoms with Gasteiger partial charge in [-0.25, -0.2) is 4.39 Å². The van der Waals surface area contributed by atoms with E-state index in [2.05, 4.69) is 33.0 Å². The van der Waals surface area contributed by atoms with Crippen molar-refractivity contribution in [1.29, 1.82) is 0 Å². The Hall–Kier alpha value is -2.66. The molecule has 0 aliphatic rings. The molecule has 0 bridgehead atoms. The first-order valence-corrected chi connectivity index (χ1v) is 9.52. The van der Waals surface area contributed by atoms with E-state index in [1.807, 2.05) is 30.3 Å². The molecule has 136 valence electrons. The highest BCUT2D eigenvalue weighted by Crippen LogP contribution is 2.31. The minimum atomic E-state index is -0.355. The van der Waals surface area contributed by atoms with Crippen LogP contribution in [0.15, 0.2) is 59.1 Å². The van der Waals surface area contributed by atoms with E-state index in [4.69, 9.17) is 4.74 Å². The Labute approximate surface area is 164 Å². The topological polar surface area (TPSA) is 42.1 Å². The van der Waals surface area contributed by atoms with Crippen molar-refractivity contribution in [1.82, 2.24) is 4.98 Å². The maximum absolute atomic E-state index is 13.7. The summed E-state index contributed by atoms with van der Waals surface area (Å²) in [5.41, 5.74) is 1.99. The molecule has 0 atom stereocenters. The summed E-state index contributed by atoms with van der Waals surface area (Å²) in [6, 6.07) is 17.2. The monoisotopic (exact) mass is 425 g/mol. The average Bonchev–Trinajstić information content (AvgIpc) is 3.06. The van der Waals surface area contributed by atoms with E-state index in [0.29, 0.717) is 28.7 Å². The standard InChI is InChI=1S/C22H17BrFNO2/c23-21-18(24)11-10-17-16(19(13-26)25-22(17)21)8-4-12-27-20-9-3-6-14-5-1-2-7-15(14)20/h1-3,5-7,9-11,13,25H,4,8,12H2. The zero-order valence-corrected chi connectivity index (χ0v) is 16.1. The Morgan fingerprint density at radius 1 is 1.04 bits per heavy atom. The quantitative estimate of drug-likeness (QED) is 0.301. The number of nitrogens with one attached hydrogen (secondary N) is 1. The summed E-state index contributed by atoms with van der Waals surface area (Å²) in [4.78, 5) is 14.4. The molecule has 27 heavy (non-hydrogen) atoms. The normalized spacial score (nSPS) is 11.2. The molecule has 5 heteroatoms. The Bertz CT molecular complexity index is 1130. The van der Waals surface area contributed by atoms with Crippen LogP contribution in [0.25, 0.3) is 21.7 Å². The molecule has 0 unspecified atom stereocenters. The lowest BCUT2D eigenvalue weighted by Crippen LogP contribution is -2.01. The van der Waals surface area contributed by atoms with Crippen LogP contribution in [0.2, 0.25) is 0 Å². The van der Waals surface area contributed by atoms with Gasteiger partial charge in [0, 0.05) is 10.8 Å². The van der Waals surface area contributed by atoms with Gasteiger partial charge in [0.15, 0.2) is 6.29 Å². The van der Waals surface area contributed by atoms with Gasteiger partial charge >= 0.3 is 0 Å². The second-order valence-electron chi connectivity index (χ2n) is 6.35. The highest BCUT2D eigenvalue weighted by Gasteiger charge is 2.15. The number of aldehydes is 1. The van der Waals surface area contributed by atoms with Crippen molar-refractivity contribution >= 4 is 43.9 Å². The van der Waals surface area contributed by atoms with E-state index in [1.165, 1.54) is 6.07 Å². The lowest BCUT2D eigenvalue weighted by Gasteiger charge is -2.09. The lowest BCUT2D eigenvalue weighted by atomic mass is 10.1. The van der Waals surface area contributed by atoms with Crippen molar-refractivity contribution in [3.63, 3.8) is 0 Å². The Balaban J connectivity index is 1.51. The van der Waals surface area contributed by atoms with Gasteiger partial charge in [-0.2, -0.15) is 0 Å². The van der Waals surface area contributed by atoms with E-state index in [9.17, 15) is 9.18 Å². The molecule has 0 radical (unpaired) electrons. The molecule has 4 rings (SSSR count). The molecular formula is C22H17BrFNO2. The number of rotatable bonds is 6.